The Hall–Kier alpha value is -1.59. The first-order valence-corrected chi connectivity index (χ1v) is 10.8. The van der Waals surface area contributed by atoms with Crippen molar-refractivity contribution < 1.29 is 19.4 Å². The zero-order valence-corrected chi connectivity index (χ0v) is 17.7. The number of hydrogen-bond acceptors (Lipinski definition) is 4. The third-order valence-electron chi connectivity index (χ3n) is 7.11. The number of para-hydroxylation sites is 1. The lowest BCUT2D eigenvalue weighted by molar-refractivity contribution is -0.142. The van der Waals surface area contributed by atoms with Crippen LogP contribution in [0.2, 0.25) is 0 Å². The quantitative estimate of drug-likeness (QED) is 0.357. The van der Waals surface area contributed by atoms with Crippen LogP contribution < -0.4 is 10.1 Å². The number of hydrogen-bond donors (Lipinski definition) is 2. The van der Waals surface area contributed by atoms with Gasteiger partial charge in [-0.15, -0.1) is 12.4 Å². The van der Waals surface area contributed by atoms with Crippen molar-refractivity contribution in [1.82, 2.24) is 5.32 Å². The zero-order valence-electron chi connectivity index (χ0n) is 16.8. The van der Waals surface area contributed by atoms with Crippen molar-refractivity contribution in [3.8, 4) is 5.75 Å². The SMILES string of the molecule is Cl.O=C(O)CCC(=O)Oc1ccccc1CCNCC1C2CC3CC(C2)CC1C3. The number of carboxylic acids is 1. The molecule has 2 N–H and O–H groups in total. The maximum absolute atomic E-state index is 11.8. The molecule has 0 atom stereocenters. The molecule has 0 aromatic heterocycles. The lowest BCUT2D eigenvalue weighted by Gasteiger charge is -2.54. The van der Waals surface area contributed by atoms with Crippen LogP contribution in [-0.2, 0) is 16.0 Å². The van der Waals surface area contributed by atoms with Crippen molar-refractivity contribution in [2.24, 2.45) is 29.6 Å². The second-order valence-electron chi connectivity index (χ2n) is 9.02. The molecule has 1 aromatic carbocycles. The van der Waals surface area contributed by atoms with Gasteiger partial charge in [0.05, 0.1) is 12.8 Å². The van der Waals surface area contributed by atoms with Gasteiger partial charge in [-0.25, -0.2) is 0 Å². The van der Waals surface area contributed by atoms with Crippen LogP contribution in [-0.4, -0.2) is 30.1 Å². The maximum Gasteiger partial charge on any atom is 0.311 e. The molecule has 4 saturated carbocycles. The Balaban J connectivity index is 0.00000240. The molecule has 1 aromatic rings. The van der Waals surface area contributed by atoms with Crippen molar-refractivity contribution in [3.63, 3.8) is 0 Å². The van der Waals surface area contributed by atoms with Crippen LogP contribution in [0.4, 0.5) is 0 Å². The predicted molar refractivity (Wildman–Crippen MR) is 113 cm³/mol. The highest BCUT2D eigenvalue weighted by Crippen LogP contribution is 2.56. The zero-order chi connectivity index (χ0) is 19.5. The van der Waals surface area contributed by atoms with Crippen molar-refractivity contribution in [3.05, 3.63) is 29.8 Å². The lowest BCUT2D eigenvalue weighted by atomic mass is 9.52. The minimum absolute atomic E-state index is 0. The summed E-state index contributed by atoms with van der Waals surface area (Å²) in [7, 11) is 0. The first-order chi connectivity index (χ1) is 13.6. The molecule has 5 rings (SSSR count). The molecule has 4 fully saturated rings. The van der Waals surface area contributed by atoms with Crippen molar-refractivity contribution in [2.45, 2.75) is 51.4 Å². The number of carboxylic acid groups (broad SMARTS) is 1. The summed E-state index contributed by atoms with van der Waals surface area (Å²) < 4.78 is 5.39. The monoisotopic (exact) mass is 421 g/mol. The summed E-state index contributed by atoms with van der Waals surface area (Å²) in [5.41, 5.74) is 0.990. The molecular formula is C23H32ClNO4. The highest BCUT2D eigenvalue weighted by Gasteiger charge is 2.47. The standard InChI is InChI=1S/C23H31NO4.ClH/c25-22(26)5-6-23(27)28-21-4-2-1-3-17(21)7-8-24-14-20-18-10-15-9-16(12-18)13-19(20)11-15;/h1-4,15-16,18-20,24H,5-14H2,(H,25,26);1H. The summed E-state index contributed by atoms with van der Waals surface area (Å²) in [6.07, 6.45) is 7.80. The average Bonchev–Trinajstić information content (AvgIpc) is 2.66. The Morgan fingerprint density at radius 2 is 1.66 bits per heavy atom. The highest BCUT2D eigenvalue weighted by atomic mass is 35.5. The number of benzene rings is 1. The molecule has 160 valence electrons. The topological polar surface area (TPSA) is 75.6 Å². The molecule has 29 heavy (non-hydrogen) atoms. The summed E-state index contributed by atoms with van der Waals surface area (Å²) in [5.74, 6) is 3.82. The first-order valence-electron chi connectivity index (χ1n) is 10.8. The third-order valence-corrected chi connectivity index (χ3v) is 7.11. The first kappa shape index (κ1) is 22.1. The molecule has 0 amide bonds. The summed E-state index contributed by atoms with van der Waals surface area (Å²) in [4.78, 5) is 22.5. The van der Waals surface area contributed by atoms with E-state index in [9.17, 15) is 9.59 Å². The van der Waals surface area contributed by atoms with Crippen molar-refractivity contribution in [2.75, 3.05) is 13.1 Å². The van der Waals surface area contributed by atoms with E-state index in [0.717, 1.165) is 54.7 Å². The highest BCUT2D eigenvalue weighted by molar-refractivity contribution is 5.85. The van der Waals surface area contributed by atoms with Crippen LogP contribution in [0.1, 0.15) is 50.5 Å². The van der Waals surface area contributed by atoms with E-state index in [1.165, 1.54) is 32.1 Å². The van der Waals surface area contributed by atoms with Gasteiger partial charge < -0.3 is 15.2 Å². The van der Waals surface area contributed by atoms with Gasteiger partial charge in [0.2, 0.25) is 0 Å². The van der Waals surface area contributed by atoms with E-state index in [1.54, 1.807) is 6.07 Å². The van der Waals surface area contributed by atoms with Gasteiger partial charge in [-0.05, 0) is 92.8 Å². The van der Waals surface area contributed by atoms with Gasteiger partial charge >= 0.3 is 11.9 Å². The third kappa shape index (κ3) is 5.52. The number of nitrogens with one attached hydrogen (secondary N) is 1. The van der Waals surface area contributed by atoms with Gasteiger partial charge in [-0.1, -0.05) is 18.2 Å². The van der Waals surface area contributed by atoms with E-state index < -0.39 is 11.9 Å². The summed E-state index contributed by atoms with van der Waals surface area (Å²) in [6.45, 7) is 1.97. The minimum atomic E-state index is -0.987. The Morgan fingerprint density at radius 3 is 2.31 bits per heavy atom. The average molecular weight is 422 g/mol. The lowest BCUT2D eigenvalue weighted by Crippen LogP contribution is -2.48. The molecule has 0 unspecified atom stereocenters. The smallest absolute Gasteiger partial charge is 0.311 e. The number of ether oxygens (including phenoxy) is 1. The Kier molecular flexibility index (Phi) is 7.58. The van der Waals surface area contributed by atoms with E-state index in [4.69, 9.17) is 9.84 Å². The van der Waals surface area contributed by atoms with E-state index in [-0.39, 0.29) is 25.2 Å². The fraction of sp³-hybridized carbons (Fsp3) is 0.652. The van der Waals surface area contributed by atoms with Crippen LogP contribution in [0, 0.1) is 29.6 Å². The molecule has 5 nitrogen and oxygen atoms in total. The van der Waals surface area contributed by atoms with E-state index in [2.05, 4.69) is 5.32 Å². The molecule has 0 spiro atoms. The molecule has 0 saturated heterocycles. The molecule has 0 radical (unpaired) electrons. The molecule has 4 aliphatic rings. The summed E-state index contributed by atoms with van der Waals surface area (Å²) in [5, 5.41) is 12.4. The van der Waals surface area contributed by atoms with Gasteiger partial charge in [0.25, 0.3) is 0 Å². The van der Waals surface area contributed by atoms with Crippen LogP contribution >= 0.6 is 12.4 Å². The largest absolute Gasteiger partial charge is 0.481 e. The molecule has 4 bridgehead atoms. The Bertz CT molecular complexity index is 695. The second kappa shape index (κ2) is 9.94. The van der Waals surface area contributed by atoms with Crippen LogP contribution in [0.3, 0.4) is 0 Å². The normalized spacial score (nSPS) is 29.3. The van der Waals surface area contributed by atoms with Gasteiger partial charge in [0, 0.05) is 0 Å². The number of carbonyl (C=O) groups excluding carboxylic acids is 1. The molecule has 4 aliphatic carbocycles. The van der Waals surface area contributed by atoms with Crippen LogP contribution in [0.15, 0.2) is 24.3 Å². The molecular weight excluding hydrogens is 390 g/mol. The van der Waals surface area contributed by atoms with Crippen molar-refractivity contribution >= 4 is 24.3 Å². The van der Waals surface area contributed by atoms with Crippen LogP contribution in [0.25, 0.3) is 0 Å². The fourth-order valence-electron chi connectivity index (χ4n) is 6.06. The Labute approximate surface area is 179 Å². The minimum Gasteiger partial charge on any atom is -0.481 e. The van der Waals surface area contributed by atoms with E-state index >= 15 is 0 Å². The van der Waals surface area contributed by atoms with Crippen LogP contribution in [0.5, 0.6) is 5.75 Å². The second-order valence-corrected chi connectivity index (χ2v) is 9.02. The van der Waals surface area contributed by atoms with Gasteiger partial charge in [-0.3, -0.25) is 9.59 Å². The number of halogens is 1. The number of rotatable bonds is 9. The van der Waals surface area contributed by atoms with Gasteiger partial charge in [0.1, 0.15) is 5.75 Å². The molecule has 6 heteroatoms. The number of esters is 1. The van der Waals surface area contributed by atoms with Crippen molar-refractivity contribution in [1.29, 1.82) is 0 Å². The van der Waals surface area contributed by atoms with Gasteiger partial charge in [-0.2, -0.15) is 0 Å². The van der Waals surface area contributed by atoms with E-state index in [0.29, 0.717) is 5.75 Å². The molecule has 0 heterocycles. The fourth-order valence-corrected chi connectivity index (χ4v) is 6.06. The predicted octanol–water partition coefficient (Wildman–Crippen LogP) is 4.08. The van der Waals surface area contributed by atoms with Gasteiger partial charge in [0.15, 0.2) is 0 Å². The molecule has 0 aliphatic heterocycles. The summed E-state index contributed by atoms with van der Waals surface area (Å²) >= 11 is 0. The van der Waals surface area contributed by atoms with E-state index in [1.807, 2.05) is 18.2 Å². The number of carbonyl (C=O) groups is 2. The Morgan fingerprint density at radius 1 is 1.00 bits per heavy atom. The number of aliphatic carboxylic acids is 1. The maximum atomic E-state index is 11.8. The summed E-state index contributed by atoms with van der Waals surface area (Å²) in [6, 6.07) is 7.54.